The lowest BCUT2D eigenvalue weighted by molar-refractivity contribution is -0.125. The van der Waals surface area contributed by atoms with Crippen molar-refractivity contribution < 1.29 is 14.6 Å². The van der Waals surface area contributed by atoms with Gasteiger partial charge in [-0.1, -0.05) is 35.9 Å². The minimum Gasteiger partial charge on any atom is -0.493 e. The summed E-state index contributed by atoms with van der Waals surface area (Å²) in [7, 11) is 0. The summed E-state index contributed by atoms with van der Waals surface area (Å²) in [5.41, 5.74) is 4.30. The van der Waals surface area contributed by atoms with Crippen molar-refractivity contribution in [3.63, 3.8) is 0 Å². The molecule has 1 atom stereocenters. The minimum atomic E-state index is -0.381. The summed E-state index contributed by atoms with van der Waals surface area (Å²) in [5.74, 6) is 1.37. The van der Waals surface area contributed by atoms with Crippen LogP contribution in [0.3, 0.4) is 0 Å². The number of carbonyl (C=O) groups excluding carboxylic acids is 1. The molecule has 2 N–H and O–H groups in total. The Morgan fingerprint density at radius 2 is 1.93 bits per heavy atom. The normalized spacial score (nSPS) is 25.2. The molecule has 0 saturated heterocycles. The Balaban J connectivity index is 1.41. The first-order valence-corrected chi connectivity index (χ1v) is 10.4. The summed E-state index contributed by atoms with van der Waals surface area (Å²) in [6.07, 6.45) is 3.98. The summed E-state index contributed by atoms with van der Waals surface area (Å²) in [5, 5.41) is 13.2. The molecule has 2 aliphatic carbocycles. The number of hydrogen-bond donors (Lipinski definition) is 2. The van der Waals surface area contributed by atoms with Crippen LogP contribution in [-0.2, 0) is 16.6 Å². The van der Waals surface area contributed by atoms with Crippen molar-refractivity contribution in [1.82, 2.24) is 5.32 Å². The van der Waals surface area contributed by atoms with Crippen LogP contribution in [-0.4, -0.2) is 23.7 Å². The number of ether oxygens (including phenoxy) is 1. The summed E-state index contributed by atoms with van der Waals surface area (Å²) < 4.78 is 5.64. The van der Waals surface area contributed by atoms with Gasteiger partial charge >= 0.3 is 0 Å². The number of nitrogens with one attached hydrogen (secondary N) is 1. The highest BCUT2D eigenvalue weighted by Gasteiger charge is 2.52. The molecule has 4 nitrogen and oxygen atoms in total. The fourth-order valence-corrected chi connectivity index (χ4v) is 4.70. The first-order chi connectivity index (χ1) is 13.5. The maximum Gasteiger partial charge on any atom is 0.231 e. The predicted octanol–water partition coefficient (Wildman–Crippen LogP) is 3.59. The van der Waals surface area contributed by atoms with E-state index in [9.17, 15) is 9.90 Å². The van der Waals surface area contributed by atoms with Crippen LogP contribution in [0.5, 0.6) is 5.75 Å². The molecule has 2 aromatic rings. The molecule has 4 heteroatoms. The van der Waals surface area contributed by atoms with Gasteiger partial charge in [-0.05, 0) is 67.3 Å². The number of rotatable bonds is 5. The van der Waals surface area contributed by atoms with Gasteiger partial charge in [0, 0.05) is 6.42 Å². The fraction of sp³-hybridized carbons (Fsp3) is 0.458. The Kier molecular flexibility index (Phi) is 4.20. The van der Waals surface area contributed by atoms with E-state index in [-0.39, 0.29) is 29.4 Å². The number of benzene rings is 2. The maximum atomic E-state index is 13.4. The third-order valence-corrected chi connectivity index (χ3v) is 6.77. The van der Waals surface area contributed by atoms with Crippen molar-refractivity contribution in [1.29, 1.82) is 0 Å². The van der Waals surface area contributed by atoms with Crippen molar-refractivity contribution in [2.75, 3.05) is 6.61 Å². The van der Waals surface area contributed by atoms with E-state index in [0.717, 1.165) is 55.6 Å². The van der Waals surface area contributed by atoms with Gasteiger partial charge < -0.3 is 15.2 Å². The van der Waals surface area contributed by atoms with Gasteiger partial charge in [-0.15, -0.1) is 0 Å². The smallest absolute Gasteiger partial charge is 0.231 e. The van der Waals surface area contributed by atoms with Crippen LogP contribution in [0.2, 0.25) is 0 Å². The Hall–Kier alpha value is -2.33. The molecule has 5 rings (SSSR count). The zero-order chi connectivity index (χ0) is 19.3. The van der Waals surface area contributed by atoms with Crippen LogP contribution in [0.25, 0.3) is 0 Å². The fourth-order valence-electron chi connectivity index (χ4n) is 4.70. The number of aryl methyl sites for hydroxylation is 1. The average Bonchev–Trinajstić information content (AvgIpc) is 3.35. The standard InChI is InChI=1S/C24H27NO3/c1-15-2-5-19(6-3-15)24(9-10-24)23(27)25-22(18-13-20(26)14-18)17-4-7-21-16(12-17)8-11-28-21/h2-7,12,18,20,22,26H,8-11,13-14H2,1H3,(H,25,27)/t18?,20?,22-/m1/s1. The molecule has 3 aliphatic rings. The molecule has 146 valence electrons. The highest BCUT2D eigenvalue weighted by atomic mass is 16.5. The van der Waals surface area contributed by atoms with Crippen molar-refractivity contribution >= 4 is 5.91 Å². The second-order valence-corrected chi connectivity index (χ2v) is 8.75. The second-order valence-electron chi connectivity index (χ2n) is 8.75. The van der Waals surface area contributed by atoms with E-state index >= 15 is 0 Å². The number of amides is 1. The Morgan fingerprint density at radius 1 is 1.18 bits per heavy atom. The van der Waals surface area contributed by atoms with Crippen molar-refractivity contribution in [2.24, 2.45) is 5.92 Å². The van der Waals surface area contributed by atoms with E-state index < -0.39 is 0 Å². The Labute approximate surface area is 165 Å². The zero-order valence-corrected chi connectivity index (χ0v) is 16.3. The van der Waals surface area contributed by atoms with Gasteiger partial charge in [-0.2, -0.15) is 0 Å². The lowest BCUT2D eigenvalue weighted by Crippen LogP contribution is -2.44. The van der Waals surface area contributed by atoms with Gasteiger partial charge in [0.15, 0.2) is 0 Å². The number of hydrogen-bond acceptors (Lipinski definition) is 3. The molecule has 2 saturated carbocycles. The third-order valence-electron chi connectivity index (χ3n) is 6.77. The number of aliphatic hydroxyl groups excluding tert-OH is 1. The molecule has 28 heavy (non-hydrogen) atoms. The van der Waals surface area contributed by atoms with E-state index in [0.29, 0.717) is 0 Å². The molecule has 1 heterocycles. The molecule has 2 fully saturated rings. The first kappa shape index (κ1) is 17.7. The second kappa shape index (κ2) is 6.63. The van der Waals surface area contributed by atoms with E-state index in [2.05, 4.69) is 48.6 Å². The molecule has 1 aliphatic heterocycles. The molecule has 0 bridgehead atoms. The summed E-state index contributed by atoms with van der Waals surface area (Å²) >= 11 is 0. The van der Waals surface area contributed by atoms with Crippen LogP contribution < -0.4 is 10.1 Å². The maximum absolute atomic E-state index is 13.4. The lowest BCUT2D eigenvalue weighted by Gasteiger charge is -2.39. The van der Waals surface area contributed by atoms with E-state index in [1.54, 1.807) is 0 Å². The Morgan fingerprint density at radius 3 is 2.61 bits per heavy atom. The average molecular weight is 377 g/mol. The zero-order valence-electron chi connectivity index (χ0n) is 16.3. The number of carbonyl (C=O) groups is 1. The van der Waals surface area contributed by atoms with Gasteiger partial charge in [0.2, 0.25) is 5.91 Å². The molecule has 0 aromatic heterocycles. The number of aliphatic hydroxyl groups is 1. The van der Waals surface area contributed by atoms with Crippen LogP contribution in [0.15, 0.2) is 42.5 Å². The largest absolute Gasteiger partial charge is 0.493 e. The van der Waals surface area contributed by atoms with E-state index in [4.69, 9.17) is 4.74 Å². The highest BCUT2D eigenvalue weighted by Crippen LogP contribution is 2.49. The summed E-state index contributed by atoms with van der Waals surface area (Å²) in [4.78, 5) is 13.4. The molecule has 0 spiro atoms. The lowest BCUT2D eigenvalue weighted by atomic mass is 9.74. The topological polar surface area (TPSA) is 58.6 Å². The van der Waals surface area contributed by atoms with E-state index in [1.165, 1.54) is 11.1 Å². The summed E-state index contributed by atoms with van der Waals surface area (Å²) in [6, 6.07) is 14.6. The summed E-state index contributed by atoms with van der Waals surface area (Å²) in [6.45, 7) is 2.80. The Bertz CT molecular complexity index is 895. The van der Waals surface area contributed by atoms with Gasteiger partial charge in [-0.3, -0.25) is 4.79 Å². The quantitative estimate of drug-likeness (QED) is 0.837. The first-order valence-electron chi connectivity index (χ1n) is 10.4. The van der Waals surface area contributed by atoms with Gasteiger partial charge in [0.1, 0.15) is 5.75 Å². The van der Waals surface area contributed by atoms with Crippen LogP contribution >= 0.6 is 0 Å². The van der Waals surface area contributed by atoms with E-state index in [1.807, 2.05) is 6.07 Å². The van der Waals surface area contributed by atoms with Gasteiger partial charge in [-0.25, -0.2) is 0 Å². The van der Waals surface area contributed by atoms with Crippen LogP contribution in [0, 0.1) is 12.8 Å². The molecule has 0 radical (unpaired) electrons. The van der Waals surface area contributed by atoms with Crippen LogP contribution in [0.4, 0.5) is 0 Å². The van der Waals surface area contributed by atoms with Crippen molar-refractivity contribution in [3.05, 3.63) is 64.7 Å². The van der Waals surface area contributed by atoms with Crippen molar-refractivity contribution in [3.8, 4) is 5.75 Å². The highest BCUT2D eigenvalue weighted by molar-refractivity contribution is 5.91. The molecular formula is C24H27NO3. The SMILES string of the molecule is Cc1ccc(C2(C(=O)N[C@H](c3ccc4c(c3)CCO4)C3CC(O)C3)CC2)cc1. The predicted molar refractivity (Wildman–Crippen MR) is 107 cm³/mol. The molecule has 1 amide bonds. The van der Waals surface area contributed by atoms with Gasteiger partial charge in [0.05, 0.1) is 24.2 Å². The molecule has 2 aromatic carbocycles. The van der Waals surface area contributed by atoms with Crippen molar-refractivity contribution in [2.45, 2.75) is 56.6 Å². The van der Waals surface area contributed by atoms with Gasteiger partial charge in [0.25, 0.3) is 0 Å². The number of fused-ring (bicyclic) bond motifs is 1. The molecular weight excluding hydrogens is 350 g/mol. The molecule has 0 unspecified atom stereocenters. The van der Waals surface area contributed by atoms with Crippen LogP contribution in [0.1, 0.15) is 54.0 Å². The minimum absolute atomic E-state index is 0.0512. The third kappa shape index (κ3) is 3.00. The monoisotopic (exact) mass is 377 g/mol.